The van der Waals surface area contributed by atoms with Gasteiger partial charge in [-0.2, -0.15) is 0 Å². The fourth-order valence-corrected chi connectivity index (χ4v) is 2.02. The Bertz CT molecular complexity index is 483. The topological polar surface area (TPSA) is 46.3 Å². The standard InChI is InChI=1S/C12H13F3N2O.C2H6.H2/c13-9-1-2-10(8(5-9)6-16)11(18)17-4-3-12(14,15)7-17;1-2;/h1-2,5H,3-4,6-7,16H2;1-2H3;1H. The third-order valence-electron chi connectivity index (χ3n) is 2.97. The van der Waals surface area contributed by atoms with Gasteiger partial charge >= 0.3 is 0 Å². The molecule has 0 aliphatic carbocycles. The second-order valence-corrected chi connectivity index (χ2v) is 4.34. The Hall–Kier alpha value is -1.56. The summed E-state index contributed by atoms with van der Waals surface area (Å²) in [7, 11) is 0. The minimum atomic E-state index is -2.83. The number of rotatable bonds is 2. The van der Waals surface area contributed by atoms with Crippen molar-refractivity contribution in [3.8, 4) is 0 Å². The molecule has 1 heterocycles. The number of carbonyl (C=O) groups is 1. The lowest BCUT2D eigenvalue weighted by atomic mass is 10.1. The first-order valence-electron chi connectivity index (χ1n) is 6.58. The highest BCUT2D eigenvalue weighted by Gasteiger charge is 2.40. The van der Waals surface area contributed by atoms with Crippen LogP contribution in [0, 0.1) is 5.82 Å². The zero-order valence-corrected chi connectivity index (χ0v) is 11.6. The van der Waals surface area contributed by atoms with Gasteiger partial charge in [-0.15, -0.1) is 0 Å². The first-order valence-corrected chi connectivity index (χ1v) is 6.58. The molecule has 1 amide bonds. The van der Waals surface area contributed by atoms with Crippen LogP contribution < -0.4 is 5.73 Å². The van der Waals surface area contributed by atoms with Crippen LogP contribution in [-0.2, 0) is 6.54 Å². The molecule has 20 heavy (non-hydrogen) atoms. The Kier molecular flexibility index (Phi) is 5.56. The third kappa shape index (κ3) is 3.72. The zero-order valence-electron chi connectivity index (χ0n) is 11.6. The molecule has 0 aromatic heterocycles. The van der Waals surface area contributed by atoms with Crippen molar-refractivity contribution < 1.29 is 19.4 Å². The first-order chi connectivity index (χ1) is 9.43. The molecule has 1 aromatic rings. The van der Waals surface area contributed by atoms with Crippen molar-refractivity contribution in [3.05, 3.63) is 35.1 Å². The predicted molar refractivity (Wildman–Crippen MR) is 73.2 cm³/mol. The molecule has 0 spiro atoms. The number of carbonyl (C=O) groups excluding carboxylic acids is 1. The zero-order chi connectivity index (χ0) is 15.3. The van der Waals surface area contributed by atoms with Gasteiger partial charge in [-0.25, -0.2) is 13.2 Å². The van der Waals surface area contributed by atoms with Crippen molar-refractivity contribution in [1.29, 1.82) is 0 Å². The van der Waals surface area contributed by atoms with Gasteiger partial charge in [0, 0.05) is 26.5 Å². The second-order valence-electron chi connectivity index (χ2n) is 4.34. The number of likely N-dealkylation sites (tertiary alicyclic amines) is 1. The van der Waals surface area contributed by atoms with Gasteiger partial charge in [-0.1, -0.05) is 13.8 Å². The minimum absolute atomic E-state index is 0. The van der Waals surface area contributed by atoms with Gasteiger partial charge in [0.25, 0.3) is 11.8 Å². The van der Waals surface area contributed by atoms with Gasteiger partial charge in [-0.3, -0.25) is 4.79 Å². The van der Waals surface area contributed by atoms with Crippen molar-refractivity contribution in [1.82, 2.24) is 4.90 Å². The number of halogens is 3. The van der Waals surface area contributed by atoms with E-state index in [-0.39, 0.29) is 26.5 Å². The Morgan fingerprint density at radius 1 is 1.45 bits per heavy atom. The molecule has 0 radical (unpaired) electrons. The van der Waals surface area contributed by atoms with E-state index in [9.17, 15) is 18.0 Å². The number of amides is 1. The van der Waals surface area contributed by atoms with Crippen LogP contribution in [0.2, 0.25) is 0 Å². The molecule has 1 aliphatic heterocycles. The Morgan fingerprint density at radius 3 is 2.60 bits per heavy atom. The molecule has 0 bridgehead atoms. The van der Waals surface area contributed by atoms with E-state index in [4.69, 9.17) is 5.73 Å². The van der Waals surface area contributed by atoms with E-state index in [0.717, 1.165) is 17.0 Å². The SMILES string of the molecule is CC.NCc1cc(F)ccc1C(=O)N1CCC(F)(F)C1.[HH]. The average molecular weight is 290 g/mol. The van der Waals surface area contributed by atoms with Crippen molar-refractivity contribution in [2.45, 2.75) is 32.7 Å². The Labute approximate surface area is 118 Å². The first kappa shape index (κ1) is 16.5. The fourth-order valence-electron chi connectivity index (χ4n) is 2.02. The maximum atomic E-state index is 13.0. The lowest BCUT2D eigenvalue weighted by Crippen LogP contribution is -2.32. The van der Waals surface area contributed by atoms with Crippen LogP contribution in [0.1, 0.15) is 37.6 Å². The molecule has 2 rings (SSSR count). The van der Waals surface area contributed by atoms with E-state index in [1.165, 1.54) is 6.07 Å². The number of benzene rings is 1. The molecule has 1 aromatic carbocycles. The number of nitrogens with zero attached hydrogens (tertiary/aromatic N) is 1. The highest BCUT2D eigenvalue weighted by molar-refractivity contribution is 5.96. The Balaban J connectivity index is 0.00000128. The molecule has 1 fully saturated rings. The molecule has 2 N–H and O–H groups in total. The van der Waals surface area contributed by atoms with E-state index in [0.29, 0.717) is 5.56 Å². The summed E-state index contributed by atoms with van der Waals surface area (Å²) in [5, 5.41) is 0. The van der Waals surface area contributed by atoms with Crippen LogP contribution in [0.15, 0.2) is 18.2 Å². The van der Waals surface area contributed by atoms with E-state index in [1.54, 1.807) is 0 Å². The van der Waals surface area contributed by atoms with Gasteiger partial charge in [0.2, 0.25) is 0 Å². The minimum Gasteiger partial charge on any atom is -0.332 e. The van der Waals surface area contributed by atoms with Gasteiger partial charge in [-0.05, 0) is 23.8 Å². The normalized spacial score (nSPS) is 16.6. The molecule has 6 heteroatoms. The van der Waals surface area contributed by atoms with E-state index in [2.05, 4.69) is 0 Å². The highest BCUT2D eigenvalue weighted by Crippen LogP contribution is 2.28. The monoisotopic (exact) mass is 290 g/mol. The van der Waals surface area contributed by atoms with Crippen LogP contribution in [0.25, 0.3) is 0 Å². The van der Waals surface area contributed by atoms with Crippen LogP contribution >= 0.6 is 0 Å². The van der Waals surface area contributed by atoms with Crippen LogP contribution in [-0.4, -0.2) is 29.8 Å². The number of nitrogens with two attached hydrogens (primary N) is 1. The molecule has 0 unspecified atom stereocenters. The van der Waals surface area contributed by atoms with Crippen LogP contribution in [0.5, 0.6) is 0 Å². The average Bonchev–Trinajstić information content (AvgIpc) is 2.80. The quantitative estimate of drug-likeness (QED) is 0.910. The summed E-state index contributed by atoms with van der Waals surface area (Å²) in [6.45, 7) is 3.41. The van der Waals surface area contributed by atoms with Gasteiger partial charge < -0.3 is 10.6 Å². The molecule has 0 saturated carbocycles. The van der Waals surface area contributed by atoms with E-state index < -0.39 is 24.2 Å². The summed E-state index contributed by atoms with van der Waals surface area (Å²) >= 11 is 0. The molecule has 1 saturated heterocycles. The molecule has 1 aliphatic rings. The molecule has 0 atom stereocenters. The van der Waals surface area contributed by atoms with Crippen molar-refractivity contribution >= 4 is 5.91 Å². The van der Waals surface area contributed by atoms with E-state index >= 15 is 0 Å². The summed E-state index contributed by atoms with van der Waals surface area (Å²) in [5.41, 5.74) is 5.94. The molecular weight excluding hydrogens is 269 g/mol. The van der Waals surface area contributed by atoms with Gasteiger partial charge in [0.05, 0.1) is 6.54 Å². The van der Waals surface area contributed by atoms with Gasteiger partial charge in [0.15, 0.2) is 0 Å². The second kappa shape index (κ2) is 6.74. The maximum Gasteiger partial charge on any atom is 0.267 e. The molecule has 114 valence electrons. The maximum absolute atomic E-state index is 13.0. The summed E-state index contributed by atoms with van der Waals surface area (Å²) in [5.74, 6) is -3.86. The summed E-state index contributed by atoms with van der Waals surface area (Å²) in [4.78, 5) is 13.1. The lowest BCUT2D eigenvalue weighted by molar-refractivity contribution is 0.0120. The largest absolute Gasteiger partial charge is 0.332 e. The summed E-state index contributed by atoms with van der Waals surface area (Å²) in [6.07, 6.45) is -0.335. The highest BCUT2D eigenvalue weighted by atomic mass is 19.3. The lowest BCUT2D eigenvalue weighted by Gasteiger charge is -2.17. The van der Waals surface area contributed by atoms with Crippen LogP contribution in [0.3, 0.4) is 0 Å². The fraction of sp³-hybridized carbons (Fsp3) is 0.500. The predicted octanol–water partition coefficient (Wildman–Crippen LogP) is 3.04. The smallest absolute Gasteiger partial charge is 0.267 e. The summed E-state index contributed by atoms with van der Waals surface area (Å²) < 4.78 is 39.1. The van der Waals surface area contributed by atoms with Crippen molar-refractivity contribution in [2.24, 2.45) is 5.73 Å². The van der Waals surface area contributed by atoms with Crippen molar-refractivity contribution in [2.75, 3.05) is 13.1 Å². The van der Waals surface area contributed by atoms with Crippen molar-refractivity contribution in [3.63, 3.8) is 0 Å². The number of hydrogen-bond acceptors (Lipinski definition) is 2. The molecular formula is C14H21F3N2O. The van der Waals surface area contributed by atoms with Gasteiger partial charge in [0.1, 0.15) is 5.82 Å². The Morgan fingerprint density at radius 2 is 2.10 bits per heavy atom. The van der Waals surface area contributed by atoms with Crippen LogP contribution in [0.4, 0.5) is 13.2 Å². The number of hydrogen-bond donors (Lipinski definition) is 1. The third-order valence-corrected chi connectivity index (χ3v) is 2.97. The number of alkyl halides is 2. The molecule has 3 nitrogen and oxygen atoms in total. The summed E-state index contributed by atoms with van der Waals surface area (Å²) in [6, 6.07) is 3.57. The van der Waals surface area contributed by atoms with E-state index in [1.807, 2.05) is 13.8 Å².